The lowest BCUT2D eigenvalue weighted by molar-refractivity contribution is -0.121. The molecule has 1 aliphatic heterocycles. The van der Waals surface area contributed by atoms with Crippen molar-refractivity contribution in [2.75, 3.05) is 46.4 Å². The number of ether oxygens (including phenoxy) is 1. The van der Waals surface area contributed by atoms with Crippen LogP contribution < -0.4 is 10.1 Å². The van der Waals surface area contributed by atoms with Crippen LogP contribution in [-0.2, 0) is 14.8 Å². The van der Waals surface area contributed by atoms with Gasteiger partial charge in [0, 0.05) is 45.7 Å². The molecule has 0 aliphatic carbocycles. The number of nitrogens with zero attached hydrogens (tertiary/aromatic N) is 2. The zero-order valence-electron chi connectivity index (χ0n) is 15.6. The van der Waals surface area contributed by atoms with E-state index in [0.717, 1.165) is 19.4 Å². The van der Waals surface area contributed by atoms with Crippen LogP contribution in [0, 0.1) is 0 Å². The van der Waals surface area contributed by atoms with Gasteiger partial charge in [-0.15, -0.1) is 0 Å². The van der Waals surface area contributed by atoms with E-state index in [9.17, 15) is 13.2 Å². The molecular weight excluding hydrogens is 354 g/mol. The van der Waals surface area contributed by atoms with E-state index in [1.165, 1.54) is 4.31 Å². The molecule has 1 heterocycles. The van der Waals surface area contributed by atoms with Crippen molar-refractivity contribution in [1.82, 2.24) is 14.5 Å². The smallest absolute Gasteiger partial charge is 0.243 e. The lowest BCUT2D eigenvalue weighted by Gasteiger charge is -2.34. The minimum Gasteiger partial charge on any atom is -0.497 e. The van der Waals surface area contributed by atoms with Gasteiger partial charge in [-0.05, 0) is 30.7 Å². The van der Waals surface area contributed by atoms with Gasteiger partial charge in [0.2, 0.25) is 15.9 Å². The Kier molecular flexibility index (Phi) is 7.86. The quantitative estimate of drug-likeness (QED) is 0.696. The highest BCUT2D eigenvalue weighted by Crippen LogP contribution is 2.20. The fourth-order valence-corrected chi connectivity index (χ4v) is 4.29. The first kappa shape index (κ1) is 20.7. The molecule has 0 bridgehead atoms. The Morgan fingerprint density at radius 3 is 2.38 bits per heavy atom. The van der Waals surface area contributed by atoms with Crippen molar-refractivity contribution in [1.29, 1.82) is 0 Å². The number of sulfonamides is 1. The highest BCUT2D eigenvalue weighted by Gasteiger charge is 2.28. The average molecular weight is 384 g/mol. The molecule has 0 saturated carbocycles. The average Bonchev–Trinajstić information content (AvgIpc) is 2.67. The molecule has 1 aliphatic rings. The van der Waals surface area contributed by atoms with E-state index in [4.69, 9.17) is 4.74 Å². The molecule has 26 heavy (non-hydrogen) atoms. The number of carbonyl (C=O) groups is 1. The first-order valence-corrected chi connectivity index (χ1v) is 10.5. The third-order valence-corrected chi connectivity index (χ3v) is 6.45. The number of piperazine rings is 1. The Hall–Kier alpha value is -1.64. The third-order valence-electron chi connectivity index (χ3n) is 4.54. The summed E-state index contributed by atoms with van der Waals surface area (Å²) in [6.07, 6.45) is 2.50. The van der Waals surface area contributed by atoms with Gasteiger partial charge in [-0.2, -0.15) is 4.31 Å². The van der Waals surface area contributed by atoms with Crippen LogP contribution in [0.3, 0.4) is 0 Å². The predicted octanol–water partition coefficient (Wildman–Crippen LogP) is 1.31. The monoisotopic (exact) mass is 383 g/mol. The van der Waals surface area contributed by atoms with Crippen LogP contribution in [-0.4, -0.2) is 69.9 Å². The number of hydrogen-bond donors (Lipinski definition) is 1. The van der Waals surface area contributed by atoms with Gasteiger partial charge < -0.3 is 10.1 Å². The van der Waals surface area contributed by atoms with E-state index in [-0.39, 0.29) is 10.8 Å². The van der Waals surface area contributed by atoms with Crippen molar-refractivity contribution < 1.29 is 17.9 Å². The van der Waals surface area contributed by atoms with Crippen LogP contribution in [0.2, 0.25) is 0 Å². The van der Waals surface area contributed by atoms with E-state index >= 15 is 0 Å². The van der Waals surface area contributed by atoms with Gasteiger partial charge in [-0.3, -0.25) is 9.69 Å². The zero-order chi connectivity index (χ0) is 19.0. The van der Waals surface area contributed by atoms with E-state index in [1.54, 1.807) is 31.4 Å². The van der Waals surface area contributed by atoms with Gasteiger partial charge in [-0.25, -0.2) is 8.42 Å². The molecule has 2 rings (SSSR count). The maximum absolute atomic E-state index is 12.7. The Labute approximate surface area is 156 Å². The molecule has 0 radical (unpaired) electrons. The summed E-state index contributed by atoms with van der Waals surface area (Å²) >= 11 is 0. The van der Waals surface area contributed by atoms with E-state index in [1.807, 2.05) is 0 Å². The summed E-state index contributed by atoms with van der Waals surface area (Å²) in [4.78, 5) is 14.1. The first-order valence-electron chi connectivity index (χ1n) is 9.10. The van der Waals surface area contributed by atoms with Gasteiger partial charge in [-0.1, -0.05) is 13.3 Å². The number of amides is 1. The van der Waals surface area contributed by atoms with Crippen LogP contribution in [0.1, 0.15) is 26.2 Å². The number of unbranched alkanes of at least 4 members (excludes halogenated alkanes) is 1. The van der Waals surface area contributed by atoms with Gasteiger partial charge in [0.05, 0.1) is 12.0 Å². The summed E-state index contributed by atoms with van der Waals surface area (Å²) in [6, 6.07) is 6.47. The molecule has 1 saturated heterocycles. The van der Waals surface area contributed by atoms with E-state index in [0.29, 0.717) is 44.9 Å². The molecule has 1 N–H and O–H groups in total. The Morgan fingerprint density at radius 1 is 1.15 bits per heavy atom. The molecule has 0 atom stereocenters. The summed E-state index contributed by atoms with van der Waals surface area (Å²) in [5.41, 5.74) is 0. The Balaban J connectivity index is 1.79. The number of hydrogen-bond acceptors (Lipinski definition) is 5. The van der Waals surface area contributed by atoms with Crippen molar-refractivity contribution in [2.45, 2.75) is 31.1 Å². The number of benzene rings is 1. The van der Waals surface area contributed by atoms with Crippen molar-refractivity contribution in [3.8, 4) is 5.75 Å². The van der Waals surface area contributed by atoms with E-state index in [2.05, 4.69) is 17.1 Å². The van der Waals surface area contributed by atoms with Crippen molar-refractivity contribution >= 4 is 15.9 Å². The first-order chi connectivity index (χ1) is 12.5. The second kappa shape index (κ2) is 9.89. The summed E-state index contributed by atoms with van der Waals surface area (Å²) in [6.45, 7) is 5.66. The molecule has 8 heteroatoms. The largest absolute Gasteiger partial charge is 0.497 e. The van der Waals surface area contributed by atoms with Gasteiger partial charge in [0.1, 0.15) is 5.75 Å². The summed E-state index contributed by atoms with van der Waals surface area (Å²) in [7, 11) is -1.92. The minimum atomic E-state index is -3.47. The molecular formula is C18H29N3O4S. The van der Waals surface area contributed by atoms with Crippen molar-refractivity contribution in [3.05, 3.63) is 24.3 Å². The van der Waals surface area contributed by atoms with Gasteiger partial charge in [0.25, 0.3) is 0 Å². The third kappa shape index (κ3) is 5.69. The molecule has 1 fully saturated rings. The number of nitrogens with one attached hydrogen (secondary N) is 1. The molecule has 1 amide bonds. The molecule has 0 spiro atoms. The highest BCUT2D eigenvalue weighted by molar-refractivity contribution is 7.89. The maximum Gasteiger partial charge on any atom is 0.243 e. The standard InChI is InChI=1S/C18H29N3O4S/c1-3-4-5-18(22)19-10-11-20-12-14-21(15-13-20)26(23,24)17-8-6-16(25-2)7-9-17/h6-9H,3-5,10-15H2,1-2H3,(H,19,22). The second-order valence-corrected chi connectivity index (χ2v) is 8.31. The maximum atomic E-state index is 12.7. The summed E-state index contributed by atoms with van der Waals surface area (Å²) < 4.78 is 32.0. The predicted molar refractivity (Wildman–Crippen MR) is 101 cm³/mol. The summed E-state index contributed by atoms with van der Waals surface area (Å²) in [5, 5.41) is 2.92. The van der Waals surface area contributed by atoms with Gasteiger partial charge >= 0.3 is 0 Å². The lowest BCUT2D eigenvalue weighted by Crippen LogP contribution is -2.50. The topological polar surface area (TPSA) is 79.0 Å². The van der Waals surface area contributed by atoms with Crippen LogP contribution in [0.5, 0.6) is 5.75 Å². The molecule has 1 aromatic carbocycles. The summed E-state index contributed by atoms with van der Waals surface area (Å²) in [5.74, 6) is 0.724. The minimum absolute atomic E-state index is 0.0903. The fourth-order valence-electron chi connectivity index (χ4n) is 2.87. The Bertz CT molecular complexity index is 668. The molecule has 0 unspecified atom stereocenters. The number of rotatable bonds is 9. The zero-order valence-corrected chi connectivity index (χ0v) is 16.4. The van der Waals surface area contributed by atoms with Crippen LogP contribution in [0.4, 0.5) is 0 Å². The SMILES string of the molecule is CCCCC(=O)NCCN1CCN(S(=O)(=O)c2ccc(OC)cc2)CC1. The van der Waals surface area contributed by atoms with Crippen LogP contribution in [0.15, 0.2) is 29.2 Å². The van der Waals surface area contributed by atoms with Crippen molar-refractivity contribution in [2.24, 2.45) is 0 Å². The van der Waals surface area contributed by atoms with Crippen molar-refractivity contribution in [3.63, 3.8) is 0 Å². The fraction of sp³-hybridized carbons (Fsp3) is 0.611. The normalized spacial score (nSPS) is 16.4. The van der Waals surface area contributed by atoms with Crippen LogP contribution >= 0.6 is 0 Å². The van der Waals surface area contributed by atoms with Gasteiger partial charge in [0.15, 0.2) is 0 Å². The molecule has 146 valence electrons. The Morgan fingerprint density at radius 2 is 1.81 bits per heavy atom. The lowest BCUT2D eigenvalue weighted by atomic mass is 10.2. The molecule has 1 aromatic rings. The molecule has 7 nitrogen and oxygen atoms in total. The number of methoxy groups -OCH3 is 1. The van der Waals surface area contributed by atoms with E-state index < -0.39 is 10.0 Å². The second-order valence-electron chi connectivity index (χ2n) is 6.37. The molecule has 0 aromatic heterocycles. The highest BCUT2D eigenvalue weighted by atomic mass is 32.2. The number of carbonyl (C=O) groups excluding carboxylic acids is 1. The van der Waals surface area contributed by atoms with Crippen LogP contribution in [0.25, 0.3) is 0 Å².